The van der Waals surface area contributed by atoms with Gasteiger partial charge in [0.1, 0.15) is 0 Å². The Labute approximate surface area is 129 Å². The fourth-order valence-corrected chi connectivity index (χ4v) is 3.15. The van der Waals surface area contributed by atoms with Crippen LogP contribution in [0.5, 0.6) is 0 Å². The number of aliphatic hydroxyl groups is 1. The Morgan fingerprint density at radius 1 is 1.10 bits per heavy atom. The molecule has 3 heteroatoms. The van der Waals surface area contributed by atoms with E-state index in [0.717, 1.165) is 5.56 Å². The summed E-state index contributed by atoms with van der Waals surface area (Å²) >= 11 is 0. The molecular formula is C18H30N2O. The van der Waals surface area contributed by atoms with Gasteiger partial charge in [-0.15, -0.1) is 0 Å². The van der Waals surface area contributed by atoms with Crippen molar-refractivity contribution in [2.24, 2.45) is 0 Å². The molecule has 118 valence electrons. The van der Waals surface area contributed by atoms with Gasteiger partial charge >= 0.3 is 0 Å². The lowest BCUT2D eigenvalue weighted by molar-refractivity contribution is 0.0262. The van der Waals surface area contributed by atoms with Gasteiger partial charge in [-0.25, -0.2) is 5.01 Å². The van der Waals surface area contributed by atoms with E-state index in [2.05, 4.69) is 50.3 Å². The van der Waals surface area contributed by atoms with E-state index < -0.39 is 6.10 Å². The number of hydrazine groups is 1. The van der Waals surface area contributed by atoms with Crippen molar-refractivity contribution < 1.29 is 5.11 Å². The maximum Gasteiger partial charge on any atom is 0.0928 e. The van der Waals surface area contributed by atoms with E-state index >= 15 is 0 Å². The zero-order valence-corrected chi connectivity index (χ0v) is 13.8. The fourth-order valence-electron chi connectivity index (χ4n) is 3.15. The highest BCUT2D eigenvalue weighted by Crippen LogP contribution is 2.22. The molecule has 0 saturated carbocycles. The van der Waals surface area contributed by atoms with Crippen molar-refractivity contribution in [2.75, 3.05) is 6.54 Å². The fraction of sp³-hybridized carbons (Fsp3) is 0.667. The Morgan fingerprint density at radius 3 is 2.14 bits per heavy atom. The quantitative estimate of drug-likeness (QED) is 0.869. The first kappa shape index (κ1) is 16.5. The highest BCUT2D eigenvalue weighted by Gasteiger charge is 2.24. The van der Waals surface area contributed by atoms with Gasteiger partial charge in [0.25, 0.3) is 0 Å². The number of aliphatic hydroxyl groups excluding tert-OH is 1. The minimum atomic E-state index is -0.451. The molecular weight excluding hydrogens is 260 g/mol. The standard InChI is InChI=1S/C18H30N2O/c1-13(2)16-8-10-17(11-9-16)18(21)12-19-20-14(3)6-5-7-15(20)4/h8-11,13-15,18-19,21H,5-7,12H2,1-4H3. The molecule has 1 aliphatic heterocycles. The van der Waals surface area contributed by atoms with Crippen molar-refractivity contribution in [1.82, 2.24) is 10.4 Å². The van der Waals surface area contributed by atoms with Crippen LogP contribution in [-0.2, 0) is 0 Å². The molecule has 0 aliphatic carbocycles. The van der Waals surface area contributed by atoms with Crippen LogP contribution in [0.25, 0.3) is 0 Å². The summed E-state index contributed by atoms with van der Waals surface area (Å²) in [5, 5.41) is 12.7. The first-order chi connectivity index (χ1) is 9.99. The first-order valence-electron chi connectivity index (χ1n) is 8.28. The van der Waals surface area contributed by atoms with Gasteiger partial charge in [0.15, 0.2) is 0 Å². The summed E-state index contributed by atoms with van der Waals surface area (Å²) in [7, 11) is 0. The molecule has 1 aromatic carbocycles. The highest BCUT2D eigenvalue weighted by molar-refractivity contribution is 5.26. The molecule has 0 aromatic heterocycles. The third-order valence-corrected chi connectivity index (χ3v) is 4.65. The maximum atomic E-state index is 10.4. The van der Waals surface area contributed by atoms with Crippen molar-refractivity contribution in [2.45, 2.75) is 71.1 Å². The van der Waals surface area contributed by atoms with Gasteiger partial charge < -0.3 is 5.11 Å². The Hall–Kier alpha value is -0.900. The summed E-state index contributed by atoms with van der Waals surface area (Å²) in [6.07, 6.45) is 3.32. The average Bonchev–Trinajstić information content (AvgIpc) is 2.46. The van der Waals surface area contributed by atoms with Gasteiger partial charge in [0, 0.05) is 18.6 Å². The van der Waals surface area contributed by atoms with E-state index in [-0.39, 0.29) is 0 Å². The molecule has 0 amide bonds. The second kappa shape index (κ2) is 7.39. The lowest BCUT2D eigenvalue weighted by Crippen LogP contribution is -2.52. The molecule has 3 atom stereocenters. The van der Waals surface area contributed by atoms with Crippen LogP contribution < -0.4 is 5.43 Å². The third kappa shape index (κ3) is 4.29. The van der Waals surface area contributed by atoms with E-state index in [1.165, 1.54) is 24.8 Å². The highest BCUT2D eigenvalue weighted by atomic mass is 16.3. The SMILES string of the molecule is CC(C)c1ccc(C(O)CNN2C(C)CCCC2C)cc1. The third-order valence-electron chi connectivity index (χ3n) is 4.65. The second-order valence-corrected chi connectivity index (χ2v) is 6.74. The Bertz CT molecular complexity index is 419. The number of rotatable bonds is 5. The lowest BCUT2D eigenvalue weighted by Gasteiger charge is -2.39. The van der Waals surface area contributed by atoms with Gasteiger partial charge in [-0.2, -0.15) is 0 Å². The van der Waals surface area contributed by atoms with Crippen molar-refractivity contribution in [1.29, 1.82) is 0 Å². The summed E-state index contributed by atoms with van der Waals surface area (Å²) < 4.78 is 0. The molecule has 1 saturated heterocycles. The molecule has 0 radical (unpaired) electrons. The minimum absolute atomic E-state index is 0.451. The first-order valence-corrected chi connectivity index (χ1v) is 8.28. The van der Waals surface area contributed by atoms with Gasteiger partial charge in [-0.3, -0.25) is 5.43 Å². The normalized spacial score (nSPS) is 25.2. The van der Waals surface area contributed by atoms with Crippen LogP contribution in [0.2, 0.25) is 0 Å². The van der Waals surface area contributed by atoms with Crippen LogP contribution in [0.1, 0.15) is 70.1 Å². The second-order valence-electron chi connectivity index (χ2n) is 6.74. The van der Waals surface area contributed by atoms with Crippen LogP contribution in [0.3, 0.4) is 0 Å². The largest absolute Gasteiger partial charge is 0.387 e. The molecule has 1 heterocycles. The van der Waals surface area contributed by atoms with Gasteiger partial charge in [-0.05, 0) is 43.7 Å². The Kier molecular flexibility index (Phi) is 5.80. The van der Waals surface area contributed by atoms with Gasteiger partial charge in [0.2, 0.25) is 0 Å². The van der Waals surface area contributed by atoms with Crippen LogP contribution in [0, 0.1) is 0 Å². The molecule has 1 aliphatic rings. The van der Waals surface area contributed by atoms with Gasteiger partial charge in [0.05, 0.1) is 6.10 Å². The van der Waals surface area contributed by atoms with Crippen molar-refractivity contribution in [3.8, 4) is 0 Å². The number of benzene rings is 1. The van der Waals surface area contributed by atoms with E-state index in [4.69, 9.17) is 0 Å². The average molecular weight is 290 g/mol. The molecule has 0 bridgehead atoms. The molecule has 3 unspecified atom stereocenters. The molecule has 1 fully saturated rings. The predicted octanol–water partition coefficient (Wildman–Crippen LogP) is 3.61. The minimum Gasteiger partial charge on any atom is -0.387 e. The summed E-state index contributed by atoms with van der Waals surface area (Å²) in [5.74, 6) is 0.532. The summed E-state index contributed by atoms with van der Waals surface area (Å²) in [4.78, 5) is 0. The topological polar surface area (TPSA) is 35.5 Å². The van der Waals surface area contributed by atoms with Crippen LogP contribution in [-0.4, -0.2) is 28.7 Å². The zero-order valence-electron chi connectivity index (χ0n) is 13.8. The van der Waals surface area contributed by atoms with Crippen molar-refractivity contribution in [3.05, 3.63) is 35.4 Å². The number of hydrogen-bond donors (Lipinski definition) is 2. The molecule has 1 aromatic rings. The summed E-state index contributed by atoms with van der Waals surface area (Å²) in [5.41, 5.74) is 5.75. The number of nitrogens with one attached hydrogen (secondary N) is 1. The predicted molar refractivity (Wildman–Crippen MR) is 88.1 cm³/mol. The van der Waals surface area contributed by atoms with Crippen LogP contribution in [0.15, 0.2) is 24.3 Å². The number of nitrogens with zero attached hydrogens (tertiary/aromatic N) is 1. The molecule has 3 nitrogen and oxygen atoms in total. The van der Waals surface area contributed by atoms with E-state index in [0.29, 0.717) is 24.5 Å². The maximum absolute atomic E-state index is 10.4. The Balaban J connectivity index is 1.90. The zero-order chi connectivity index (χ0) is 15.4. The molecule has 0 spiro atoms. The number of piperidine rings is 1. The summed E-state index contributed by atoms with van der Waals surface area (Å²) in [6, 6.07) is 9.42. The van der Waals surface area contributed by atoms with E-state index in [1.54, 1.807) is 0 Å². The van der Waals surface area contributed by atoms with Crippen molar-refractivity contribution >= 4 is 0 Å². The smallest absolute Gasteiger partial charge is 0.0928 e. The van der Waals surface area contributed by atoms with Gasteiger partial charge in [-0.1, -0.05) is 44.5 Å². The molecule has 2 N–H and O–H groups in total. The molecule has 2 rings (SSSR count). The van der Waals surface area contributed by atoms with E-state index in [9.17, 15) is 5.11 Å². The lowest BCUT2D eigenvalue weighted by atomic mass is 9.99. The summed E-state index contributed by atoms with van der Waals surface area (Å²) in [6.45, 7) is 9.47. The monoisotopic (exact) mass is 290 g/mol. The van der Waals surface area contributed by atoms with E-state index in [1.807, 2.05) is 12.1 Å². The van der Waals surface area contributed by atoms with Crippen molar-refractivity contribution in [3.63, 3.8) is 0 Å². The van der Waals surface area contributed by atoms with Crippen LogP contribution >= 0.6 is 0 Å². The number of hydrogen-bond acceptors (Lipinski definition) is 3. The molecule has 21 heavy (non-hydrogen) atoms. The Morgan fingerprint density at radius 2 is 1.62 bits per heavy atom. The van der Waals surface area contributed by atoms with Crippen LogP contribution in [0.4, 0.5) is 0 Å².